The van der Waals surface area contributed by atoms with E-state index in [2.05, 4.69) is 6.92 Å². The molecular formula is C15H22O2. The van der Waals surface area contributed by atoms with Crippen molar-refractivity contribution in [2.24, 2.45) is 5.92 Å². The minimum atomic E-state index is -0.426. The number of hydrogen-bond donors (Lipinski definition) is 1. The van der Waals surface area contributed by atoms with Crippen molar-refractivity contribution in [2.45, 2.75) is 51.7 Å². The molecule has 1 aliphatic rings. The lowest BCUT2D eigenvalue weighted by atomic mass is 9.89. The van der Waals surface area contributed by atoms with Gasteiger partial charge in [-0.1, -0.05) is 19.1 Å². The highest BCUT2D eigenvalue weighted by Gasteiger charge is 2.19. The molecule has 0 heterocycles. The predicted octanol–water partition coefficient (Wildman–Crippen LogP) is 3.70. The first-order valence-electron chi connectivity index (χ1n) is 6.60. The van der Waals surface area contributed by atoms with Crippen molar-refractivity contribution < 1.29 is 9.84 Å². The summed E-state index contributed by atoms with van der Waals surface area (Å²) in [5.41, 5.74) is 0.923. The van der Waals surface area contributed by atoms with E-state index in [4.69, 9.17) is 4.74 Å². The van der Waals surface area contributed by atoms with Crippen LogP contribution in [0, 0.1) is 5.92 Å². The molecule has 1 aliphatic carbocycles. The van der Waals surface area contributed by atoms with Crippen LogP contribution in [0.2, 0.25) is 0 Å². The average Bonchev–Trinajstić information content (AvgIpc) is 2.32. The van der Waals surface area contributed by atoms with E-state index in [9.17, 15) is 5.11 Å². The number of benzene rings is 1. The van der Waals surface area contributed by atoms with Gasteiger partial charge < -0.3 is 9.84 Å². The Bertz CT molecular complexity index is 352. The first-order chi connectivity index (χ1) is 8.15. The van der Waals surface area contributed by atoms with Crippen LogP contribution in [0.3, 0.4) is 0 Å². The summed E-state index contributed by atoms with van der Waals surface area (Å²) in [4.78, 5) is 0. The van der Waals surface area contributed by atoms with Gasteiger partial charge in [0.2, 0.25) is 0 Å². The van der Waals surface area contributed by atoms with E-state index < -0.39 is 6.10 Å². The SMILES string of the molecule is CC1CCC(Oc2cccc(C(C)O)c2)CC1. The molecule has 0 aliphatic heterocycles. The molecule has 1 aromatic carbocycles. The largest absolute Gasteiger partial charge is 0.490 e. The zero-order valence-electron chi connectivity index (χ0n) is 10.7. The van der Waals surface area contributed by atoms with E-state index in [1.54, 1.807) is 6.92 Å². The Labute approximate surface area is 104 Å². The van der Waals surface area contributed by atoms with Gasteiger partial charge in [0.1, 0.15) is 5.75 Å². The van der Waals surface area contributed by atoms with Crippen LogP contribution in [-0.2, 0) is 0 Å². The topological polar surface area (TPSA) is 29.5 Å². The third-order valence-electron chi connectivity index (χ3n) is 3.61. The number of hydrogen-bond acceptors (Lipinski definition) is 2. The van der Waals surface area contributed by atoms with Gasteiger partial charge in [0.25, 0.3) is 0 Å². The van der Waals surface area contributed by atoms with E-state index >= 15 is 0 Å². The standard InChI is InChI=1S/C15H22O2/c1-11-6-8-14(9-7-11)17-15-5-3-4-13(10-15)12(2)16/h3-5,10-12,14,16H,6-9H2,1-2H3. The predicted molar refractivity (Wildman–Crippen MR) is 69.1 cm³/mol. The smallest absolute Gasteiger partial charge is 0.120 e. The van der Waals surface area contributed by atoms with Crippen molar-refractivity contribution in [1.29, 1.82) is 0 Å². The summed E-state index contributed by atoms with van der Waals surface area (Å²) in [6.07, 6.45) is 4.77. The van der Waals surface area contributed by atoms with Crippen molar-refractivity contribution in [2.75, 3.05) is 0 Å². The highest BCUT2D eigenvalue weighted by Crippen LogP contribution is 2.28. The fourth-order valence-corrected chi connectivity index (χ4v) is 2.39. The second-order valence-electron chi connectivity index (χ2n) is 5.25. The zero-order chi connectivity index (χ0) is 12.3. The van der Waals surface area contributed by atoms with Crippen LogP contribution < -0.4 is 4.74 Å². The van der Waals surface area contributed by atoms with E-state index in [1.807, 2.05) is 24.3 Å². The fourth-order valence-electron chi connectivity index (χ4n) is 2.39. The van der Waals surface area contributed by atoms with Crippen LogP contribution in [0.25, 0.3) is 0 Å². The molecule has 0 saturated heterocycles. The lowest BCUT2D eigenvalue weighted by molar-refractivity contribution is 0.134. The average molecular weight is 234 g/mol. The van der Waals surface area contributed by atoms with E-state index in [1.165, 1.54) is 12.8 Å². The Hall–Kier alpha value is -1.02. The third kappa shape index (κ3) is 3.47. The van der Waals surface area contributed by atoms with E-state index in [0.29, 0.717) is 6.10 Å². The molecule has 94 valence electrons. The molecule has 0 amide bonds. The number of ether oxygens (including phenoxy) is 1. The van der Waals surface area contributed by atoms with Crippen LogP contribution in [0.4, 0.5) is 0 Å². The number of rotatable bonds is 3. The summed E-state index contributed by atoms with van der Waals surface area (Å²) < 4.78 is 5.98. The molecule has 1 unspecified atom stereocenters. The van der Waals surface area contributed by atoms with E-state index in [-0.39, 0.29) is 0 Å². The quantitative estimate of drug-likeness (QED) is 0.864. The van der Waals surface area contributed by atoms with E-state index in [0.717, 1.165) is 30.1 Å². The van der Waals surface area contributed by atoms with Gasteiger partial charge in [-0.2, -0.15) is 0 Å². The Kier molecular flexibility index (Phi) is 4.06. The van der Waals surface area contributed by atoms with Crippen molar-refractivity contribution in [3.63, 3.8) is 0 Å². The molecule has 1 aromatic rings. The molecule has 1 N–H and O–H groups in total. The number of aliphatic hydroxyl groups excluding tert-OH is 1. The molecule has 0 bridgehead atoms. The second-order valence-corrected chi connectivity index (χ2v) is 5.25. The molecule has 2 heteroatoms. The minimum Gasteiger partial charge on any atom is -0.490 e. The van der Waals surface area contributed by atoms with Gasteiger partial charge in [-0.3, -0.25) is 0 Å². The van der Waals surface area contributed by atoms with Gasteiger partial charge >= 0.3 is 0 Å². The lowest BCUT2D eigenvalue weighted by Crippen LogP contribution is -2.23. The molecule has 0 radical (unpaired) electrons. The maximum absolute atomic E-state index is 9.53. The maximum Gasteiger partial charge on any atom is 0.120 e. The van der Waals surface area contributed by atoms with Crippen molar-refractivity contribution in [1.82, 2.24) is 0 Å². The fraction of sp³-hybridized carbons (Fsp3) is 0.600. The summed E-state index contributed by atoms with van der Waals surface area (Å²) in [5, 5.41) is 9.53. The molecule has 2 rings (SSSR count). The Balaban J connectivity index is 1.96. The molecule has 2 nitrogen and oxygen atoms in total. The van der Waals surface area contributed by atoms with Crippen LogP contribution in [0.5, 0.6) is 5.75 Å². The first-order valence-corrected chi connectivity index (χ1v) is 6.60. The minimum absolute atomic E-state index is 0.357. The molecule has 1 fully saturated rings. The first kappa shape index (κ1) is 12.4. The van der Waals surface area contributed by atoms with Gasteiger partial charge in [0.15, 0.2) is 0 Å². The van der Waals surface area contributed by atoms with Crippen LogP contribution in [0.15, 0.2) is 24.3 Å². The van der Waals surface area contributed by atoms with Crippen LogP contribution in [0.1, 0.15) is 51.2 Å². The van der Waals surface area contributed by atoms with Crippen molar-refractivity contribution >= 4 is 0 Å². The third-order valence-corrected chi connectivity index (χ3v) is 3.61. The van der Waals surface area contributed by atoms with Crippen LogP contribution in [-0.4, -0.2) is 11.2 Å². The van der Waals surface area contributed by atoms with Gasteiger partial charge in [0, 0.05) is 0 Å². The summed E-state index contributed by atoms with van der Waals surface area (Å²) in [5.74, 6) is 1.74. The van der Waals surface area contributed by atoms with Crippen LogP contribution >= 0.6 is 0 Å². The Morgan fingerprint density at radius 1 is 1.24 bits per heavy atom. The number of aliphatic hydroxyl groups is 1. The zero-order valence-corrected chi connectivity index (χ0v) is 10.7. The Morgan fingerprint density at radius 3 is 2.59 bits per heavy atom. The van der Waals surface area contributed by atoms with Gasteiger partial charge in [-0.15, -0.1) is 0 Å². The van der Waals surface area contributed by atoms with Crippen molar-refractivity contribution in [3.05, 3.63) is 29.8 Å². The summed E-state index contributed by atoms with van der Waals surface area (Å²) >= 11 is 0. The summed E-state index contributed by atoms with van der Waals surface area (Å²) in [6, 6.07) is 7.80. The maximum atomic E-state index is 9.53. The van der Waals surface area contributed by atoms with Gasteiger partial charge in [0.05, 0.1) is 12.2 Å². The Morgan fingerprint density at radius 2 is 1.94 bits per heavy atom. The molecule has 0 aromatic heterocycles. The van der Waals surface area contributed by atoms with Gasteiger partial charge in [-0.25, -0.2) is 0 Å². The highest BCUT2D eigenvalue weighted by atomic mass is 16.5. The molecule has 1 atom stereocenters. The second kappa shape index (κ2) is 5.54. The monoisotopic (exact) mass is 234 g/mol. The normalized spacial score (nSPS) is 26.5. The summed E-state index contributed by atoms with van der Waals surface area (Å²) in [6.45, 7) is 4.09. The molecule has 1 saturated carbocycles. The van der Waals surface area contributed by atoms with Crippen molar-refractivity contribution in [3.8, 4) is 5.75 Å². The van der Waals surface area contributed by atoms with Gasteiger partial charge in [-0.05, 0) is 56.2 Å². The highest BCUT2D eigenvalue weighted by molar-refractivity contribution is 5.29. The molecule has 17 heavy (non-hydrogen) atoms. The molecule has 0 spiro atoms. The summed E-state index contributed by atoms with van der Waals surface area (Å²) in [7, 11) is 0. The lowest BCUT2D eigenvalue weighted by Gasteiger charge is -2.27. The molecular weight excluding hydrogens is 212 g/mol.